The number of benzene rings is 1. The zero-order valence-electron chi connectivity index (χ0n) is 12.0. The molecule has 1 N–H and O–H groups in total. The first-order valence-electron chi connectivity index (χ1n) is 6.58. The number of anilines is 1. The summed E-state index contributed by atoms with van der Waals surface area (Å²) < 4.78 is 1.59. The maximum atomic E-state index is 12.1. The summed E-state index contributed by atoms with van der Waals surface area (Å²) >= 11 is 13.4. The Morgan fingerprint density at radius 3 is 2.83 bits per heavy atom. The minimum atomic E-state index is -0.215. The second-order valence-electron chi connectivity index (χ2n) is 4.64. The van der Waals surface area contributed by atoms with Crippen LogP contribution in [-0.2, 0) is 4.79 Å². The lowest BCUT2D eigenvalue weighted by Crippen LogP contribution is -2.15. The highest BCUT2D eigenvalue weighted by molar-refractivity contribution is 7.99. The van der Waals surface area contributed by atoms with Crippen LogP contribution in [0.5, 0.6) is 0 Å². The van der Waals surface area contributed by atoms with Gasteiger partial charge in [-0.05, 0) is 25.1 Å². The van der Waals surface area contributed by atoms with Crippen molar-refractivity contribution in [3.05, 3.63) is 46.3 Å². The molecule has 0 fully saturated rings. The number of rotatable bonds is 4. The van der Waals surface area contributed by atoms with Crippen molar-refractivity contribution in [3.8, 4) is 0 Å². The molecule has 0 aliphatic rings. The molecule has 0 bridgehead atoms. The van der Waals surface area contributed by atoms with Gasteiger partial charge in [0, 0.05) is 5.69 Å². The topological polar surface area (TPSA) is 72.2 Å². The van der Waals surface area contributed by atoms with Crippen molar-refractivity contribution in [3.63, 3.8) is 0 Å². The van der Waals surface area contributed by atoms with E-state index in [1.165, 1.54) is 18.1 Å². The predicted molar refractivity (Wildman–Crippen MR) is 91.3 cm³/mol. The average molecular weight is 368 g/mol. The molecule has 6 nitrogen and oxygen atoms in total. The smallest absolute Gasteiger partial charge is 0.253 e. The molecule has 0 spiro atoms. The van der Waals surface area contributed by atoms with Gasteiger partial charge in [-0.3, -0.25) is 4.79 Å². The van der Waals surface area contributed by atoms with Crippen molar-refractivity contribution in [1.82, 2.24) is 19.6 Å². The van der Waals surface area contributed by atoms with Gasteiger partial charge in [-0.15, -0.1) is 0 Å². The average Bonchev–Trinajstić information content (AvgIpc) is 2.97. The molecule has 3 rings (SSSR count). The van der Waals surface area contributed by atoms with Crippen LogP contribution >= 0.6 is 35.0 Å². The van der Waals surface area contributed by atoms with Crippen molar-refractivity contribution in [1.29, 1.82) is 0 Å². The molecule has 0 aliphatic carbocycles. The Labute approximate surface area is 146 Å². The van der Waals surface area contributed by atoms with Gasteiger partial charge in [0.25, 0.3) is 5.78 Å². The molecule has 23 heavy (non-hydrogen) atoms. The molecule has 0 saturated carbocycles. The molecule has 9 heteroatoms. The van der Waals surface area contributed by atoms with Crippen molar-refractivity contribution in [2.24, 2.45) is 0 Å². The summed E-state index contributed by atoms with van der Waals surface area (Å²) in [6, 6.07) is 6.90. The maximum absolute atomic E-state index is 12.1. The number of nitrogens with one attached hydrogen (secondary N) is 1. The van der Waals surface area contributed by atoms with Gasteiger partial charge < -0.3 is 5.32 Å². The zero-order chi connectivity index (χ0) is 16.4. The number of aryl methyl sites for hydroxylation is 1. The summed E-state index contributed by atoms with van der Waals surface area (Å²) in [6.07, 6.45) is 1.43. The molecule has 2 aromatic heterocycles. The third-order valence-corrected chi connectivity index (χ3v) is 4.55. The van der Waals surface area contributed by atoms with Crippen molar-refractivity contribution in [2.75, 3.05) is 11.1 Å². The van der Waals surface area contributed by atoms with Crippen molar-refractivity contribution in [2.45, 2.75) is 11.9 Å². The summed E-state index contributed by atoms with van der Waals surface area (Å²) in [7, 11) is 0. The maximum Gasteiger partial charge on any atom is 0.253 e. The molecular weight excluding hydrogens is 357 g/mol. The second-order valence-corrected chi connectivity index (χ2v) is 6.45. The lowest BCUT2D eigenvalue weighted by atomic mass is 10.3. The standard InChI is InChI=1S/C14H11Cl2N5OS/c1-8-5-12(21-14(19-8)17-7-18-21)23-6-11(22)20-13-9(15)3-2-4-10(13)16/h2-5,7H,6H2,1H3,(H,20,22). The number of halogens is 2. The Morgan fingerprint density at radius 2 is 2.09 bits per heavy atom. The summed E-state index contributed by atoms with van der Waals surface area (Å²) in [6.45, 7) is 1.86. The van der Waals surface area contributed by atoms with Gasteiger partial charge in [-0.1, -0.05) is 41.0 Å². The van der Waals surface area contributed by atoms with Crippen LogP contribution in [0.25, 0.3) is 5.78 Å². The van der Waals surface area contributed by atoms with Crippen LogP contribution in [0.1, 0.15) is 5.69 Å². The normalized spacial score (nSPS) is 10.9. The van der Waals surface area contributed by atoms with Gasteiger partial charge in [-0.2, -0.15) is 14.6 Å². The number of carbonyl (C=O) groups is 1. The highest BCUT2D eigenvalue weighted by Crippen LogP contribution is 2.30. The number of para-hydroxylation sites is 1. The van der Waals surface area contributed by atoms with Crippen LogP contribution in [0.4, 0.5) is 5.69 Å². The van der Waals surface area contributed by atoms with E-state index in [9.17, 15) is 4.79 Å². The molecule has 0 aliphatic heterocycles. The number of nitrogens with zero attached hydrogens (tertiary/aromatic N) is 4. The number of amides is 1. The molecule has 0 atom stereocenters. The summed E-state index contributed by atoms with van der Waals surface area (Å²) in [5.74, 6) is 0.467. The quantitative estimate of drug-likeness (QED) is 0.564. The molecule has 118 valence electrons. The number of aromatic nitrogens is 4. The first-order chi connectivity index (χ1) is 11.0. The minimum absolute atomic E-state index is 0.181. The third kappa shape index (κ3) is 3.57. The zero-order valence-corrected chi connectivity index (χ0v) is 14.3. The fourth-order valence-corrected chi connectivity index (χ4v) is 3.28. The van der Waals surface area contributed by atoms with Crippen LogP contribution < -0.4 is 5.32 Å². The summed E-state index contributed by atoms with van der Waals surface area (Å²) in [5, 5.41) is 8.40. The van der Waals surface area contributed by atoms with E-state index in [2.05, 4.69) is 20.4 Å². The number of thioether (sulfide) groups is 1. The minimum Gasteiger partial charge on any atom is -0.323 e. The Kier molecular flexibility index (Phi) is 4.70. The van der Waals surface area contributed by atoms with E-state index in [1.54, 1.807) is 22.7 Å². The van der Waals surface area contributed by atoms with Crippen LogP contribution in [-0.4, -0.2) is 31.2 Å². The predicted octanol–water partition coefficient (Wildman–Crippen LogP) is 3.47. The first kappa shape index (κ1) is 16.0. The van der Waals surface area contributed by atoms with Gasteiger partial charge in [0.15, 0.2) is 0 Å². The monoisotopic (exact) mass is 367 g/mol. The van der Waals surface area contributed by atoms with E-state index in [4.69, 9.17) is 23.2 Å². The number of hydrogen-bond acceptors (Lipinski definition) is 5. The second kappa shape index (κ2) is 6.74. The lowest BCUT2D eigenvalue weighted by molar-refractivity contribution is -0.113. The van der Waals surface area contributed by atoms with Gasteiger partial charge >= 0.3 is 0 Å². The van der Waals surface area contributed by atoms with E-state index in [0.29, 0.717) is 21.5 Å². The van der Waals surface area contributed by atoms with E-state index >= 15 is 0 Å². The molecular formula is C14H11Cl2N5OS. The summed E-state index contributed by atoms with van der Waals surface area (Å²) in [4.78, 5) is 20.4. The van der Waals surface area contributed by atoms with Crippen LogP contribution in [0.2, 0.25) is 10.0 Å². The molecule has 0 radical (unpaired) electrons. The van der Waals surface area contributed by atoms with Gasteiger partial charge in [0.1, 0.15) is 11.4 Å². The molecule has 1 aromatic carbocycles. The van der Waals surface area contributed by atoms with Crippen molar-refractivity contribution < 1.29 is 4.79 Å². The van der Waals surface area contributed by atoms with Gasteiger partial charge in [0.05, 0.1) is 21.5 Å². The Hall–Kier alpha value is -1.83. The highest BCUT2D eigenvalue weighted by atomic mass is 35.5. The van der Waals surface area contributed by atoms with Gasteiger partial charge in [-0.25, -0.2) is 4.98 Å². The number of fused-ring (bicyclic) bond motifs is 1. The van der Waals surface area contributed by atoms with E-state index in [0.717, 1.165) is 10.7 Å². The van der Waals surface area contributed by atoms with E-state index < -0.39 is 0 Å². The first-order valence-corrected chi connectivity index (χ1v) is 8.33. The lowest BCUT2D eigenvalue weighted by Gasteiger charge is -2.09. The Morgan fingerprint density at radius 1 is 1.35 bits per heavy atom. The van der Waals surface area contributed by atoms with Crippen molar-refractivity contribution >= 4 is 52.3 Å². The van der Waals surface area contributed by atoms with Crippen LogP contribution in [0.15, 0.2) is 35.6 Å². The number of carbonyl (C=O) groups excluding carboxylic acids is 1. The Balaban J connectivity index is 1.72. The molecule has 1 amide bonds. The van der Waals surface area contributed by atoms with E-state index in [1.807, 2.05) is 13.0 Å². The van der Waals surface area contributed by atoms with E-state index in [-0.39, 0.29) is 11.7 Å². The molecule has 0 unspecified atom stereocenters. The van der Waals surface area contributed by atoms with Gasteiger partial charge in [0.2, 0.25) is 5.91 Å². The fraction of sp³-hybridized carbons (Fsp3) is 0.143. The Bertz CT molecular complexity index is 862. The molecule has 2 heterocycles. The number of hydrogen-bond donors (Lipinski definition) is 1. The van der Waals surface area contributed by atoms with Crippen LogP contribution in [0, 0.1) is 6.92 Å². The largest absolute Gasteiger partial charge is 0.323 e. The summed E-state index contributed by atoms with van der Waals surface area (Å²) in [5.41, 5.74) is 1.22. The fourth-order valence-electron chi connectivity index (χ4n) is 1.93. The third-order valence-electron chi connectivity index (χ3n) is 2.93. The van der Waals surface area contributed by atoms with Crippen LogP contribution in [0.3, 0.4) is 0 Å². The SMILES string of the molecule is Cc1cc(SCC(=O)Nc2c(Cl)cccc2Cl)n2ncnc2n1. The highest BCUT2D eigenvalue weighted by Gasteiger charge is 2.12. The molecule has 3 aromatic rings. The molecule has 0 saturated heterocycles.